The number of H-pyrrole nitrogens is 1. The summed E-state index contributed by atoms with van der Waals surface area (Å²) >= 11 is 0. The lowest BCUT2D eigenvalue weighted by molar-refractivity contribution is -0.152. The summed E-state index contributed by atoms with van der Waals surface area (Å²) in [5, 5.41) is 2.31. The average Bonchev–Trinajstić information content (AvgIpc) is 3.14. The van der Waals surface area contributed by atoms with Gasteiger partial charge >= 0.3 is 24.2 Å². The second-order valence-corrected chi connectivity index (χ2v) is 8.29. The van der Waals surface area contributed by atoms with Crippen LogP contribution in [0.1, 0.15) is 37.5 Å². The third kappa shape index (κ3) is 6.10. The third-order valence-electron chi connectivity index (χ3n) is 5.01. The number of esters is 1. The fourth-order valence-electron chi connectivity index (χ4n) is 3.56. The number of ether oxygens (including phenoxy) is 2. The van der Waals surface area contributed by atoms with Gasteiger partial charge in [-0.1, -0.05) is 13.8 Å². The summed E-state index contributed by atoms with van der Waals surface area (Å²) < 4.78 is 92.9. The number of hydrogen-bond donors (Lipinski definition) is 2. The molecular formula is C24H22F6N2O4. The molecule has 1 amide bonds. The van der Waals surface area contributed by atoms with Gasteiger partial charge < -0.3 is 19.8 Å². The molecule has 0 saturated carbocycles. The number of halogens is 6. The Labute approximate surface area is 201 Å². The van der Waals surface area contributed by atoms with Crippen LogP contribution in [0, 0.1) is 5.92 Å². The van der Waals surface area contributed by atoms with Gasteiger partial charge in [-0.15, -0.1) is 0 Å². The van der Waals surface area contributed by atoms with Crippen molar-refractivity contribution in [2.75, 3.05) is 11.9 Å². The second-order valence-electron chi connectivity index (χ2n) is 8.29. The van der Waals surface area contributed by atoms with Crippen LogP contribution in [0.25, 0.3) is 10.9 Å². The third-order valence-corrected chi connectivity index (χ3v) is 5.01. The molecule has 0 unspecified atom stereocenters. The van der Waals surface area contributed by atoms with E-state index in [0.717, 1.165) is 5.56 Å². The van der Waals surface area contributed by atoms with Crippen molar-refractivity contribution in [3.63, 3.8) is 0 Å². The van der Waals surface area contributed by atoms with Crippen molar-refractivity contribution >= 4 is 28.5 Å². The van der Waals surface area contributed by atoms with Crippen molar-refractivity contribution in [1.82, 2.24) is 4.98 Å². The van der Waals surface area contributed by atoms with Crippen LogP contribution in [0.3, 0.4) is 0 Å². The molecule has 0 aliphatic carbocycles. The minimum Gasteiger partial charge on any atom is -0.459 e. The molecule has 194 valence electrons. The fraction of sp³-hybridized carbons (Fsp3) is 0.333. The molecular weight excluding hydrogens is 494 g/mol. The summed E-state index contributed by atoms with van der Waals surface area (Å²) in [6, 6.07) is 4.62. The molecule has 0 aliphatic heterocycles. The van der Waals surface area contributed by atoms with E-state index in [0.29, 0.717) is 17.3 Å². The number of rotatable bonds is 6. The maximum atomic E-state index is 13.9. The average molecular weight is 516 g/mol. The maximum absolute atomic E-state index is 13.9. The molecule has 2 aromatic carbocycles. The molecule has 0 saturated heterocycles. The highest BCUT2D eigenvalue weighted by Gasteiger charge is 2.43. The van der Waals surface area contributed by atoms with E-state index in [9.17, 15) is 35.9 Å². The van der Waals surface area contributed by atoms with E-state index in [1.54, 1.807) is 11.5 Å². The molecule has 3 rings (SSSR count). The Morgan fingerprint density at radius 1 is 1.00 bits per heavy atom. The summed E-state index contributed by atoms with van der Waals surface area (Å²) in [5.41, 5.74) is -3.00. The largest absolute Gasteiger partial charge is 0.459 e. The Morgan fingerprint density at radius 2 is 1.61 bits per heavy atom. The van der Waals surface area contributed by atoms with E-state index in [4.69, 9.17) is 4.74 Å². The van der Waals surface area contributed by atoms with E-state index in [1.165, 1.54) is 25.1 Å². The van der Waals surface area contributed by atoms with Crippen molar-refractivity contribution < 1.29 is 45.4 Å². The first-order chi connectivity index (χ1) is 16.7. The number of fused-ring (bicyclic) bond motifs is 1. The number of benzene rings is 2. The molecule has 0 spiro atoms. The lowest BCUT2D eigenvalue weighted by Gasteiger charge is -2.21. The summed E-state index contributed by atoms with van der Waals surface area (Å²) in [7, 11) is 0. The number of carbonyl (C=O) groups excluding carboxylic acids is 2. The van der Waals surface area contributed by atoms with E-state index in [2.05, 4.69) is 9.72 Å². The molecule has 0 aliphatic rings. The van der Waals surface area contributed by atoms with E-state index < -0.39 is 46.8 Å². The first kappa shape index (κ1) is 26.9. The fourth-order valence-corrected chi connectivity index (χ4v) is 3.56. The maximum Gasteiger partial charge on any atom is 0.420 e. The molecule has 36 heavy (non-hydrogen) atoms. The van der Waals surface area contributed by atoms with Crippen LogP contribution in [-0.2, 0) is 33.1 Å². The lowest BCUT2D eigenvalue weighted by atomic mass is 10.0. The highest BCUT2D eigenvalue weighted by atomic mass is 19.4. The van der Waals surface area contributed by atoms with E-state index in [-0.39, 0.29) is 30.4 Å². The van der Waals surface area contributed by atoms with Crippen LogP contribution in [0.4, 0.5) is 32.0 Å². The Balaban J connectivity index is 2.12. The van der Waals surface area contributed by atoms with Crippen LogP contribution in [0.2, 0.25) is 0 Å². The first-order valence-electron chi connectivity index (χ1n) is 10.8. The van der Waals surface area contributed by atoms with Gasteiger partial charge in [0.05, 0.1) is 6.61 Å². The number of aromatic nitrogens is 1. The van der Waals surface area contributed by atoms with Crippen molar-refractivity contribution in [1.29, 1.82) is 0 Å². The zero-order chi connectivity index (χ0) is 26.8. The molecule has 6 nitrogen and oxygen atoms in total. The Kier molecular flexibility index (Phi) is 7.56. The summed E-state index contributed by atoms with van der Waals surface area (Å²) in [6.07, 6.45) is -8.24. The number of anilines is 1. The van der Waals surface area contributed by atoms with Gasteiger partial charge in [0, 0.05) is 22.8 Å². The lowest BCUT2D eigenvalue weighted by Crippen LogP contribution is -2.25. The smallest absolute Gasteiger partial charge is 0.420 e. The number of nitrogens with one attached hydrogen (secondary N) is 2. The quantitative estimate of drug-likeness (QED) is 0.217. The molecule has 0 bridgehead atoms. The number of carbonyl (C=O) groups is 2. The standard InChI is InChI=1S/C24H22F6N2O4/c1-4-35-22(34)21(33)32-14-8-17(23(25,26)27)20(18(9-14)24(28,29)30)36-15-5-6-19-16(10-15)13(11-31-19)7-12(2)3/h5-6,8-12,31H,4,7H2,1-3H3,(H,32,33). The van der Waals surface area contributed by atoms with Gasteiger partial charge in [-0.05, 0) is 55.2 Å². The molecule has 3 aromatic rings. The Hall–Kier alpha value is -3.70. The van der Waals surface area contributed by atoms with Crippen molar-refractivity contribution in [3.05, 3.63) is 53.2 Å². The van der Waals surface area contributed by atoms with Crippen LogP contribution in [0.15, 0.2) is 36.5 Å². The van der Waals surface area contributed by atoms with Gasteiger partial charge in [-0.2, -0.15) is 26.3 Å². The molecule has 12 heteroatoms. The normalized spacial score (nSPS) is 12.2. The number of aromatic amines is 1. The van der Waals surface area contributed by atoms with E-state index >= 15 is 0 Å². The zero-order valence-corrected chi connectivity index (χ0v) is 19.4. The second kappa shape index (κ2) is 10.1. The van der Waals surface area contributed by atoms with Gasteiger partial charge in [0.25, 0.3) is 0 Å². The topological polar surface area (TPSA) is 80.4 Å². The van der Waals surface area contributed by atoms with Gasteiger partial charge in [0.1, 0.15) is 16.9 Å². The van der Waals surface area contributed by atoms with Gasteiger partial charge in [-0.25, -0.2) is 4.79 Å². The van der Waals surface area contributed by atoms with Crippen molar-refractivity contribution in [3.8, 4) is 11.5 Å². The van der Waals surface area contributed by atoms with Crippen LogP contribution >= 0.6 is 0 Å². The molecule has 0 fully saturated rings. The van der Waals surface area contributed by atoms with Gasteiger partial charge in [0.15, 0.2) is 5.75 Å². The Morgan fingerprint density at radius 3 is 2.14 bits per heavy atom. The SMILES string of the molecule is CCOC(=O)C(=O)Nc1cc(C(F)(F)F)c(Oc2ccc3[nH]cc(CC(C)C)c3c2)c(C(F)(F)F)c1. The van der Waals surface area contributed by atoms with Gasteiger partial charge in [0.2, 0.25) is 0 Å². The Bertz CT molecular complexity index is 1240. The molecule has 0 radical (unpaired) electrons. The summed E-state index contributed by atoms with van der Waals surface area (Å²) in [4.78, 5) is 26.3. The predicted molar refractivity (Wildman–Crippen MR) is 119 cm³/mol. The number of alkyl halides is 6. The highest BCUT2D eigenvalue weighted by Crippen LogP contribution is 2.47. The molecule has 2 N–H and O–H groups in total. The summed E-state index contributed by atoms with van der Waals surface area (Å²) in [6.45, 7) is 5.09. The van der Waals surface area contributed by atoms with Gasteiger partial charge in [-0.3, -0.25) is 4.79 Å². The summed E-state index contributed by atoms with van der Waals surface area (Å²) in [5.74, 6) is -4.46. The van der Waals surface area contributed by atoms with Crippen LogP contribution in [-0.4, -0.2) is 23.5 Å². The number of amides is 1. The molecule has 0 atom stereocenters. The highest BCUT2D eigenvalue weighted by molar-refractivity contribution is 6.37. The number of hydrogen-bond acceptors (Lipinski definition) is 4. The predicted octanol–water partition coefficient (Wildman–Crippen LogP) is 6.70. The van der Waals surface area contributed by atoms with Crippen LogP contribution < -0.4 is 10.1 Å². The molecule has 1 aromatic heterocycles. The van der Waals surface area contributed by atoms with Crippen molar-refractivity contribution in [2.45, 2.75) is 39.5 Å². The first-order valence-corrected chi connectivity index (χ1v) is 10.8. The van der Waals surface area contributed by atoms with Crippen LogP contribution in [0.5, 0.6) is 11.5 Å². The monoisotopic (exact) mass is 516 g/mol. The minimum atomic E-state index is -5.29. The minimum absolute atomic E-state index is 0.217. The zero-order valence-electron chi connectivity index (χ0n) is 19.4. The molecule has 1 heterocycles. The van der Waals surface area contributed by atoms with Crippen molar-refractivity contribution in [2.24, 2.45) is 5.92 Å². The van der Waals surface area contributed by atoms with E-state index in [1.807, 2.05) is 13.8 Å².